The van der Waals surface area contributed by atoms with Crippen molar-refractivity contribution in [1.82, 2.24) is 10.2 Å². The van der Waals surface area contributed by atoms with E-state index in [2.05, 4.69) is 32.0 Å². The Kier molecular flexibility index (Phi) is 10.7. The van der Waals surface area contributed by atoms with Crippen molar-refractivity contribution in [3.63, 3.8) is 0 Å². The first-order valence-corrected chi connectivity index (χ1v) is 12.0. The number of hydrogen-bond donors (Lipinski definition) is 1. The molecule has 7 heteroatoms. The van der Waals surface area contributed by atoms with Gasteiger partial charge in [-0.15, -0.1) is 12.8 Å². The molecule has 1 saturated heterocycles. The highest BCUT2D eigenvalue weighted by Crippen LogP contribution is 2.34. The van der Waals surface area contributed by atoms with Crippen LogP contribution in [0.5, 0.6) is 0 Å². The summed E-state index contributed by atoms with van der Waals surface area (Å²) < 4.78 is 44.4. The van der Waals surface area contributed by atoms with Gasteiger partial charge in [0.1, 0.15) is 0 Å². The zero-order chi connectivity index (χ0) is 24.4. The highest BCUT2D eigenvalue weighted by atomic mass is 19.4. The molecular weight excluding hydrogens is 429 g/mol. The molecule has 184 valence electrons. The topological polar surface area (TPSA) is 41.6 Å². The van der Waals surface area contributed by atoms with E-state index >= 15 is 0 Å². The van der Waals surface area contributed by atoms with Crippen molar-refractivity contribution in [3.8, 4) is 12.8 Å². The lowest BCUT2D eigenvalue weighted by molar-refractivity contribution is -0.137. The third-order valence-electron chi connectivity index (χ3n) is 6.33. The minimum atomic E-state index is -4.35. The van der Waals surface area contributed by atoms with Gasteiger partial charge in [-0.25, -0.2) is 0 Å². The van der Waals surface area contributed by atoms with Crippen LogP contribution in [0.4, 0.5) is 13.2 Å². The summed E-state index contributed by atoms with van der Waals surface area (Å²) in [5, 5.41) is 3.67. The summed E-state index contributed by atoms with van der Waals surface area (Å²) in [4.78, 5) is 14.7. The van der Waals surface area contributed by atoms with Gasteiger partial charge in [0, 0.05) is 44.3 Å². The summed E-state index contributed by atoms with van der Waals surface area (Å²) in [6, 6.07) is 4.73. The third-order valence-corrected chi connectivity index (χ3v) is 6.33. The monoisotopic (exact) mass is 466 g/mol. The van der Waals surface area contributed by atoms with E-state index < -0.39 is 11.7 Å². The SMILES string of the molecule is C#C.CCC.O=C([C@H]1CC[C@@H](NC2CCOCC2)C1)N1CCc2ccc(C(F)(F)F)cc2C1. The fourth-order valence-corrected chi connectivity index (χ4v) is 4.73. The van der Waals surface area contributed by atoms with Crippen LogP contribution in [0.1, 0.15) is 69.1 Å². The van der Waals surface area contributed by atoms with E-state index in [0.717, 1.165) is 56.9 Å². The lowest BCUT2D eigenvalue weighted by atomic mass is 9.95. The second-order valence-corrected chi connectivity index (χ2v) is 8.96. The number of rotatable bonds is 3. The van der Waals surface area contributed by atoms with Crippen LogP contribution in [0.15, 0.2) is 18.2 Å². The highest BCUT2D eigenvalue weighted by molar-refractivity contribution is 5.79. The minimum absolute atomic E-state index is 0.0234. The summed E-state index contributed by atoms with van der Waals surface area (Å²) >= 11 is 0. The van der Waals surface area contributed by atoms with Crippen LogP contribution in [0.25, 0.3) is 0 Å². The number of amides is 1. The van der Waals surface area contributed by atoms with E-state index in [-0.39, 0.29) is 18.4 Å². The molecule has 2 fully saturated rings. The molecule has 1 amide bonds. The maximum Gasteiger partial charge on any atom is 0.416 e. The van der Waals surface area contributed by atoms with Crippen molar-refractivity contribution in [3.05, 3.63) is 34.9 Å². The molecule has 3 aliphatic rings. The average molecular weight is 467 g/mol. The van der Waals surface area contributed by atoms with Gasteiger partial charge in [0.15, 0.2) is 0 Å². The van der Waals surface area contributed by atoms with E-state index in [4.69, 9.17) is 4.74 Å². The molecule has 1 aromatic carbocycles. The predicted molar refractivity (Wildman–Crippen MR) is 125 cm³/mol. The second kappa shape index (κ2) is 13.0. The lowest BCUT2D eigenvalue weighted by Crippen LogP contribution is -2.42. The number of fused-ring (bicyclic) bond motifs is 1. The molecule has 1 saturated carbocycles. The number of alkyl halides is 3. The van der Waals surface area contributed by atoms with Crippen LogP contribution < -0.4 is 5.32 Å². The summed E-state index contributed by atoms with van der Waals surface area (Å²) in [5.41, 5.74) is 0.911. The van der Waals surface area contributed by atoms with Gasteiger partial charge >= 0.3 is 6.18 Å². The summed E-state index contributed by atoms with van der Waals surface area (Å²) in [7, 11) is 0. The van der Waals surface area contributed by atoms with Crippen molar-refractivity contribution in [1.29, 1.82) is 0 Å². The Balaban J connectivity index is 0.000000714. The number of benzene rings is 1. The fourth-order valence-electron chi connectivity index (χ4n) is 4.73. The smallest absolute Gasteiger partial charge is 0.381 e. The molecular formula is C26H37F3N2O2. The first kappa shape index (κ1) is 27.2. The van der Waals surface area contributed by atoms with Crippen molar-refractivity contribution < 1.29 is 22.7 Å². The van der Waals surface area contributed by atoms with Crippen LogP contribution in [0.2, 0.25) is 0 Å². The number of carbonyl (C=O) groups is 1. The molecule has 0 bridgehead atoms. The Morgan fingerprint density at radius 2 is 1.76 bits per heavy atom. The van der Waals surface area contributed by atoms with Crippen LogP contribution in [0, 0.1) is 18.8 Å². The average Bonchev–Trinajstić information content (AvgIpc) is 3.28. The number of carbonyl (C=O) groups excluding carboxylic acids is 1. The standard InChI is InChI=1S/C21H27F3N2O2.C3H8.C2H2/c22-21(23,24)17-3-1-14-5-8-26(13-16(14)11-17)20(27)15-2-4-19(12-15)25-18-6-9-28-10-7-18;1-3-2;1-2/h1,3,11,15,18-19,25H,2,4-10,12-13H2;3H2,1-2H3;1-2H/t15-,19+;;/m0../s1. The summed E-state index contributed by atoms with van der Waals surface area (Å²) in [6.07, 6.45) is 10.2. The van der Waals surface area contributed by atoms with E-state index in [1.54, 1.807) is 11.0 Å². The summed E-state index contributed by atoms with van der Waals surface area (Å²) in [5.74, 6) is 0.0732. The molecule has 0 unspecified atom stereocenters. The summed E-state index contributed by atoms with van der Waals surface area (Å²) in [6.45, 7) is 6.71. The normalized spacial score (nSPS) is 22.9. The van der Waals surface area contributed by atoms with Crippen LogP contribution in [0.3, 0.4) is 0 Å². The van der Waals surface area contributed by atoms with Crippen molar-refractivity contribution in [2.45, 2.75) is 83.6 Å². The van der Waals surface area contributed by atoms with Crippen molar-refractivity contribution in [2.75, 3.05) is 19.8 Å². The van der Waals surface area contributed by atoms with E-state index in [9.17, 15) is 18.0 Å². The largest absolute Gasteiger partial charge is 0.416 e. The lowest BCUT2D eigenvalue weighted by Gasteiger charge is -2.31. The van der Waals surface area contributed by atoms with Crippen molar-refractivity contribution >= 4 is 5.91 Å². The third kappa shape index (κ3) is 7.75. The molecule has 33 heavy (non-hydrogen) atoms. The molecule has 1 N–H and O–H groups in total. The van der Waals surface area contributed by atoms with Crippen LogP contribution in [-0.4, -0.2) is 42.6 Å². The molecule has 2 atom stereocenters. The first-order valence-electron chi connectivity index (χ1n) is 12.0. The van der Waals surface area contributed by atoms with Gasteiger partial charge in [-0.3, -0.25) is 4.79 Å². The van der Waals surface area contributed by atoms with Crippen LogP contribution in [-0.2, 0) is 28.7 Å². The molecule has 0 spiro atoms. The van der Waals surface area contributed by atoms with Crippen molar-refractivity contribution in [2.24, 2.45) is 5.92 Å². The Bertz CT molecular complexity index is 773. The molecule has 1 aliphatic carbocycles. The predicted octanol–water partition coefficient (Wildman–Crippen LogP) is 5.19. The maximum atomic E-state index is 13.0. The molecule has 0 radical (unpaired) electrons. The fraction of sp³-hybridized carbons (Fsp3) is 0.654. The van der Waals surface area contributed by atoms with Gasteiger partial charge in [-0.1, -0.05) is 26.3 Å². The van der Waals surface area contributed by atoms with Gasteiger partial charge in [0.2, 0.25) is 5.91 Å². The number of hydrogen-bond acceptors (Lipinski definition) is 3. The van der Waals surface area contributed by atoms with Crippen LogP contribution >= 0.6 is 0 Å². The van der Waals surface area contributed by atoms with Gasteiger partial charge in [-0.2, -0.15) is 13.2 Å². The Labute approximate surface area is 196 Å². The maximum absolute atomic E-state index is 13.0. The highest BCUT2D eigenvalue weighted by Gasteiger charge is 2.36. The molecule has 2 heterocycles. The Morgan fingerprint density at radius 1 is 1.09 bits per heavy atom. The van der Waals surface area contributed by atoms with Gasteiger partial charge in [0.05, 0.1) is 5.56 Å². The quantitative estimate of drug-likeness (QED) is 0.623. The number of halogens is 3. The van der Waals surface area contributed by atoms with E-state index in [1.165, 1.54) is 12.5 Å². The molecule has 4 nitrogen and oxygen atoms in total. The first-order chi connectivity index (χ1) is 15.8. The molecule has 2 aliphatic heterocycles. The zero-order valence-corrected chi connectivity index (χ0v) is 19.8. The molecule has 4 rings (SSSR count). The Morgan fingerprint density at radius 3 is 2.39 bits per heavy atom. The number of nitrogens with one attached hydrogen (secondary N) is 1. The van der Waals surface area contributed by atoms with E-state index in [1.807, 2.05) is 0 Å². The van der Waals surface area contributed by atoms with Gasteiger partial charge < -0.3 is 15.0 Å². The van der Waals surface area contributed by atoms with Gasteiger partial charge in [-0.05, 0) is 61.8 Å². The molecule has 1 aromatic rings. The van der Waals surface area contributed by atoms with Gasteiger partial charge in [0.25, 0.3) is 0 Å². The number of nitrogens with zero attached hydrogens (tertiary/aromatic N) is 1. The second-order valence-electron chi connectivity index (χ2n) is 8.96. The van der Waals surface area contributed by atoms with E-state index in [0.29, 0.717) is 30.6 Å². The zero-order valence-electron chi connectivity index (χ0n) is 19.8. The Hall–Kier alpha value is -2.04. The minimum Gasteiger partial charge on any atom is -0.381 e. The molecule has 0 aromatic heterocycles. The number of terminal acetylenes is 1. The number of ether oxygens (including phenoxy) is 1.